The monoisotopic (exact) mass is 247 g/mol. The van der Waals surface area contributed by atoms with Gasteiger partial charge in [-0.15, -0.1) is 0 Å². The van der Waals surface area contributed by atoms with Crippen molar-refractivity contribution in [2.24, 2.45) is 0 Å². The van der Waals surface area contributed by atoms with Gasteiger partial charge in [0.25, 0.3) is 5.91 Å². The minimum absolute atomic E-state index is 0.0898. The lowest BCUT2D eigenvalue weighted by Crippen LogP contribution is -2.27. The van der Waals surface area contributed by atoms with Crippen molar-refractivity contribution >= 4 is 12.2 Å². The number of benzene rings is 1. The van der Waals surface area contributed by atoms with Crippen LogP contribution in [0.1, 0.15) is 29.6 Å². The Balaban J connectivity index is 1.94. The third-order valence-corrected chi connectivity index (χ3v) is 3.00. The molecule has 0 unspecified atom stereocenters. The first-order valence-corrected chi connectivity index (χ1v) is 6.27. The molecule has 4 heteroatoms. The van der Waals surface area contributed by atoms with E-state index in [-0.39, 0.29) is 5.91 Å². The van der Waals surface area contributed by atoms with Crippen molar-refractivity contribution in [3.05, 3.63) is 29.8 Å². The Labute approximate surface area is 107 Å². The molecule has 1 aromatic rings. The van der Waals surface area contributed by atoms with Crippen LogP contribution in [0, 0.1) is 0 Å². The molecule has 1 heterocycles. The van der Waals surface area contributed by atoms with Gasteiger partial charge in [0.1, 0.15) is 12.0 Å². The molecule has 0 saturated carbocycles. The standard InChI is InChI=1S/C14H17NO3/c16-10-3-11-18-13-6-4-12(5-7-13)14(17)15-8-1-2-9-15/h4-7,10H,1-3,8-9,11H2. The van der Waals surface area contributed by atoms with Gasteiger partial charge in [-0.1, -0.05) is 0 Å². The Hall–Kier alpha value is -1.84. The summed E-state index contributed by atoms with van der Waals surface area (Å²) in [6, 6.07) is 7.09. The van der Waals surface area contributed by atoms with Gasteiger partial charge in [0, 0.05) is 25.1 Å². The molecule has 0 N–H and O–H groups in total. The topological polar surface area (TPSA) is 46.6 Å². The van der Waals surface area contributed by atoms with Crippen molar-refractivity contribution in [2.75, 3.05) is 19.7 Å². The molecule has 96 valence electrons. The summed E-state index contributed by atoms with van der Waals surface area (Å²) in [6.45, 7) is 2.09. The Kier molecular flexibility index (Phi) is 4.34. The maximum atomic E-state index is 12.1. The molecule has 18 heavy (non-hydrogen) atoms. The second-order valence-corrected chi connectivity index (χ2v) is 4.33. The number of likely N-dealkylation sites (tertiary alicyclic amines) is 1. The van der Waals surface area contributed by atoms with E-state index in [9.17, 15) is 9.59 Å². The van der Waals surface area contributed by atoms with Crippen LogP contribution in [0.25, 0.3) is 0 Å². The summed E-state index contributed by atoms with van der Waals surface area (Å²) in [5, 5.41) is 0. The SMILES string of the molecule is O=CCCOc1ccc(C(=O)N2CCCC2)cc1. The Morgan fingerprint density at radius 2 is 1.89 bits per heavy atom. The molecule has 1 fully saturated rings. The number of amides is 1. The summed E-state index contributed by atoms with van der Waals surface area (Å²) in [6.07, 6.45) is 3.40. The molecule has 0 bridgehead atoms. The van der Waals surface area contributed by atoms with Crippen molar-refractivity contribution in [2.45, 2.75) is 19.3 Å². The highest BCUT2D eigenvalue weighted by Gasteiger charge is 2.19. The van der Waals surface area contributed by atoms with Crippen LogP contribution < -0.4 is 4.74 Å². The first-order valence-electron chi connectivity index (χ1n) is 6.27. The van der Waals surface area contributed by atoms with E-state index in [4.69, 9.17) is 4.74 Å². The van der Waals surface area contributed by atoms with Gasteiger partial charge in [0.15, 0.2) is 0 Å². The van der Waals surface area contributed by atoms with Crippen LogP contribution in [-0.2, 0) is 4.79 Å². The third-order valence-electron chi connectivity index (χ3n) is 3.00. The maximum absolute atomic E-state index is 12.1. The van der Waals surface area contributed by atoms with Crippen molar-refractivity contribution in [1.29, 1.82) is 0 Å². The third kappa shape index (κ3) is 3.09. The smallest absolute Gasteiger partial charge is 0.253 e. The molecular formula is C14H17NO3. The molecule has 2 rings (SSSR count). The fourth-order valence-electron chi connectivity index (χ4n) is 2.02. The molecule has 1 aliphatic rings. The highest BCUT2D eigenvalue weighted by molar-refractivity contribution is 5.94. The average Bonchev–Trinajstić information content (AvgIpc) is 2.93. The largest absolute Gasteiger partial charge is 0.493 e. The van der Waals surface area contributed by atoms with Gasteiger partial charge in [-0.3, -0.25) is 4.79 Å². The molecule has 0 radical (unpaired) electrons. The number of hydrogen-bond acceptors (Lipinski definition) is 3. The highest BCUT2D eigenvalue weighted by atomic mass is 16.5. The van der Waals surface area contributed by atoms with Crippen LogP contribution in [0.15, 0.2) is 24.3 Å². The first-order chi connectivity index (χ1) is 8.81. The maximum Gasteiger partial charge on any atom is 0.253 e. The van der Waals surface area contributed by atoms with Crippen LogP contribution >= 0.6 is 0 Å². The van der Waals surface area contributed by atoms with Gasteiger partial charge in [0.2, 0.25) is 0 Å². The second kappa shape index (κ2) is 6.19. The average molecular weight is 247 g/mol. The van der Waals surface area contributed by atoms with E-state index in [1.165, 1.54) is 0 Å². The van der Waals surface area contributed by atoms with Gasteiger partial charge < -0.3 is 14.4 Å². The minimum atomic E-state index is 0.0898. The van der Waals surface area contributed by atoms with Crippen molar-refractivity contribution in [1.82, 2.24) is 4.90 Å². The van der Waals surface area contributed by atoms with Gasteiger partial charge in [-0.2, -0.15) is 0 Å². The van der Waals surface area contributed by atoms with Gasteiger partial charge in [-0.05, 0) is 37.1 Å². The zero-order valence-electron chi connectivity index (χ0n) is 10.3. The van der Waals surface area contributed by atoms with E-state index in [0.29, 0.717) is 24.3 Å². The molecule has 0 aromatic heterocycles. The van der Waals surface area contributed by atoms with Crippen molar-refractivity contribution in [3.63, 3.8) is 0 Å². The fourth-order valence-corrected chi connectivity index (χ4v) is 2.02. The normalized spacial score (nSPS) is 14.6. The Morgan fingerprint density at radius 3 is 2.50 bits per heavy atom. The van der Waals surface area contributed by atoms with Gasteiger partial charge in [0.05, 0.1) is 6.61 Å². The van der Waals surface area contributed by atoms with Crippen molar-refractivity contribution < 1.29 is 14.3 Å². The predicted octanol–water partition coefficient (Wildman–Crippen LogP) is 1.89. The minimum Gasteiger partial charge on any atom is -0.493 e. The number of carbonyl (C=O) groups excluding carboxylic acids is 2. The summed E-state index contributed by atoms with van der Waals surface area (Å²) >= 11 is 0. The summed E-state index contributed by atoms with van der Waals surface area (Å²) in [7, 11) is 0. The first kappa shape index (κ1) is 12.6. The number of nitrogens with zero attached hydrogens (tertiary/aromatic N) is 1. The number of ether oxygens (including phenoxy) is 1. The van der Waals surface area contributed by atoms with E-state index >= 15 is 0 Å². The van der Waals surface area contributed by atoms with Crippen LogP contribution in [0.2, 0.25) is 0 Å². The van der Waals surface area contributed by atoms with E-state index in [1.54, 1.807) is 24.3 Å². The molecule has 1 saturated heterocycles. The van der Waals surface area contributed by atoms with E-state index in [1.807, 2.05) is 4.90 Å². The van der Waals surface area contributed by atoms with Gasteiger partial charge >= 0.3 is 0 Å². The lowest BCUT2D eigenvalue weighted by Gasteiger charge is -2.15. The predicted molar refractivity (Wildman–Crippen MR) is 67.8 cm³/mol. The highest BCUT2D eigenvalue weighted by Crippen LogP contribution is 2.16. The molecule has 1 aromatic carbocycles. The van der Waals surface area contributed by atoms with Crippen LogP contribution in [-0.4, -0.2) is 36.8 Å². The van der Waals surface area contributed by atoms with Crippen LogP contribution in [0.3, 0.4) is 0 Å². The zero-order valence-corrected chi connectivity index (χ0v) is 10.3. The quantitative estimate of drug-likeness (QED) is 0.589. The number of carbonyl (C=O) groups is 2. The van der Waals surface area contributed by atoms with E-state index < -0.39 is 0 Å². The van der Waals surface area contributed by atoms with Crippen LogP contribution in [0.5, 0.6) is 5.75 Å². The fraction of sp³-hybridized carbons (Fsp3) is 0.429. The molecule has 1 amide bonds. The molecular weight excluding hydrogens is 230 g/mol. The van der Waals surface area contributed by atoms with E-state index in [0.717, 1.165) is 32.2 Å². The number of aldehydes is 1. The molecule has 0 spiro atoms. The number of rotatable bonds is 5. The van der Waals surface area contributed by atoms with Gasteiger partial charge in [-0.25, -0.2) is 0 Å². The summed E-state index contributed by atoms with van der Waals surface area (Å²) in [4.78, 5) is 24.1. The number of hydrogen-bond donors (Lipinski definition) is 0. The lowest BCUT2D eigenvalue weighted by molar-refractivity contribution is -0.108. The van der Waals surface area contributed by atoms with E-state index in [2.05, 4.69) is 0 Å². The van der Waals surface area contributed by atoms with Crippen LogP contribution in [0.4, 0.5) is 0 Å². The Bertz CT molecular complexity index is 408. The second-order valence-electron chi connectivity index (χ2n) is 4.33. The lowest BCUT2D eigenvalue weighted by atomic mass is 10.2. The summed E-state index contributed by atoms with van der Waals surface area (Å²) in [5.74, 6) is 0.779. The molecule has 0 aliphatic carbocycles. The van der Waals surface area contributed by atoms with Crippen molar-refractivity contribution in [3.8, 4) is 5.75 Å². The molecule has 1 aliphatic heterocycles. The molecule has 0 atom stereocenters. The summed E-state index contributed by atoms with van der Waals surface area (Å²) in [5.41, 5.74) is 0.694. The Morgan fingerprint density at radius 1 is 1.22 bits per heavy atom. The zero-order chi connectivity index (χ0) is 12.8. The molecule has 4 nitrogen and oxygen atoms in total. The summed E-state index contributed by atoms with van der Waals surface area (Å²) < 4.78 is 5.35.